The molecule has 8 heteroatoms. The minimum atomic E-state index is -0.133. The van der Waals surface area contributed by atoms with E-state index in [1.54, 1.807) is 19.4 Å². The average molecular weight is 379 g/mol. The Hall–Kier alpha value is -1.96. The number of hydrogen-bond acceptors (Lipinski definition) is 6. The first-order chi connectivity index (χ1) is 11.1. The molecule has 0 saturated carbocycles. The van der Waals surface area contributed by atoms with Crippen LogP contribution in [0.25, 0.3) is 0 Å². The molecule has 122 valence electrons. The van der Waals surface area contributed by atoms with Crippen molar-refractivity contribution < 1.29 is 0 Å². The number of aromatic nitrogens is 4. The van der Waals surface area contributed by atoms with E-state index in [4.69, 9.17) is 0 Å². The van der Waals surface area contributed by atoms with Crippen molar-refractivity contribution in [1.29, 1.82) is 0 Å². The second-order valence-electron chi connectivity index (χ2n) is 5.72. The highest BCUT2D eigenvalue weighted by atomic mass is 79.9. The predicted molar refractivity (Wildman–Crippen MR) is 92.8 cm³/mol. The van der Waals surface area contributed by atoms with Gasteiger partial charge in [-0.3, -0.25) is 4.79 Å². The molecule has 0 amide bonds. The van der Waals surface area contributed by atoms with Gasteiger partial charge >= 0.3 is 0 Å². The summed E-state index contributed by atoms with van der Waals surface area (Å²) in [5, 5.41) is 12.3. The standard InChI is InChI=1S/C15H19BrN6O/c1-20(12-9-18-21(2)15(23)14(12)16)10-11-5-4-8-22(11)13-6-3-7-17-19-13/h3,6-7,9,11H,4-5,8,10H2,1-2H3. The summed E-state index contributed by atoms with van der Waals surface area (Å²) in [4.78, 5) is 16.4. The zero-order chi connectivity index (χ0) is 16.4. The van der Waals surface area contributed by atoms with E-state index in [-0.39, 0.29) is 5.56 Å². The Labute approximate surface area is 143 Å². The van der Waals surface area contributed by atoms with Gasteiger partial charge in [0.1, 0.15) is 4.47 Å². The van der Waals surface area contributed by atoms with E-state index in [0.717, 1.165) is 37.4 Å². The van der Waals surface area contributed by atoms with Crippen LogP contribution in [0.4, 0.5) is 11.5 Å². The van der Waals surface area contributed by atoms with E-state index < -0.39 is 0 Å². The Kier molecular flexibility index (Phi) is 4.61. The molecule has 1 fully saturated rings. The van der Waals surface area contributed by atoms with E-state index in [1.807, 2.05) is 19.2 Å². The van der Waals surface area contributed by atoms with Crippen LogP contribution in [0.15, 0.2) is 33.8 Å². The normalized spacial score (nSPS) is 17.5. The maximum Gasteiger partial charge on any atom is 0.282 e. The van der Waals surface area contributed by atoms with Gasteiger partial charge in [-0.25, -0.2) is 4.68 Å². The van der Waals surface area contributed by atoms with Crippen molar-refractivity contribution in [3.8, 4) is 0 Å². The van der Waals surface area contributed by atoms with Crippen molar-refractivity contribution in [3.05, 3.63) is 39.4 Å². The average Bonchev–Trinajstić information content (AvgIpc) is 3.01. The molecular weight excluding hydrogens is 360 g/mol. The summed E-state index contributed by atoms with van der Waals surface area (Å²) in [6.07, 6.45) is 5.62. The Morgan fingerprint density at radius 3 is 3.04 bits per heavy atom. The molecule has 0 aromatic carbocycles. The SMILES string of the molecule is CN(CC1CCCN1c1cccnn1)c1cnn(C)c(=O)c1Br. The third-order valence-corrected chi connectivity index (χ3v) is 4.93. The predicted octanol–water partition coefficient (Wildman–Crippen LogP) is 1.44. The van der Waals surface area contributed by atoms with Crippen molar-refractivity contribution in [3.63, 3.8) is 0 Å². The van der Waals surface area contributed by atoms with Crippen LogP contribution >= 0.6 is 15.9 Å². The fourth-order valence-corrected chi connectivity index (χ4v) is 3.62. The van der Waals surface area contributed by atoms with Gasteiger partial charge < -0.3 is 9.80 Å². The summed E-state index contributed by atoms with van der Waals surface area (Å²) in [5.41, 5.74) is 0.672. The third-order valence-electron chi connectivity index (χ3n) is 4.19. The lowest BCUT2D eigenvalue weighted by atomic mass is 10.2. The van der Waals surface area contributed by atoms with Gasteiger partial charge in [0.05, 0.1) is 11.9 Å². The minimum absolute atomic E-state index is 0.133. The molecule has 0 spiro atoms. The number of anilines is 2. The maximum atomic E-state index is 12.0. The maximum absolute atomic E-state index is 12.0. The number of aryl methyl sites for hydroxylation is 1. The van der Waals surface area contributed by atoms with Crippen molar-refractivity contribution >= 4 is 27.4 Å². The van der Waals surface area contributed by atoms with Gasteiger partial charge in [-0.15, -0.1) is 5.10 Å². The number of hydrogen-bond donors (Lipinski definition) is 0. The monoisotopic (exact) mass is 378 g/mol. The lowest BCUT2D eigenvalue weighted by molar-refractivity contribution is 0.640. The smallest absolute Gasteiger partial charge is 0.282 e. The quantitative estimate of drug-likeness (QED) is 0.801. The zero-order valence-electron chi connectivity index (χ0n) is 13.2. The fraction of sp³-hybridized carbons (Fsp3) is 0.467. The Morgan fingerprint density at radius 2 is 2.30 bits per heavy atom. The van der Waals surface area contributed by atoms with Gasteiger partial charge in [0.15, 0.2) is 5.82 Å². The molecule has 3 heterocycles. The van der Waals surface area contributed by atoms with Crippen LogP contribution in [0.2, 0.25) is 0 Å². The van der Waals surface area contributed by atoms with Gasteiger partial charge in [-0.05, 0) is 40.9 Å². The third kappa shape index (κ3) is 3.21. The molecule has 0 aliphatic carbocycles. The zero-order valence-corrected chi connectivity index (χ0v) is 14.8. The lowest BCUT2D eigenvalue weighted by Crippen LogP contribution is -2.40. The molecule has 23 heavy (non-hydrogen) atoms. The number of rotatable bonds is 4. The van der Waals surface area contributed by atoms with Crippen LogP contribution in [0.1, 0.15) is 12.8 Å². The molecule has 0 bridgehead atoms. The molecule has 1 saturated heterocycles. The summed E-state index contributed by atoms with van der Waals surface area (Å²) in [6, 6.07) is 4.23. The molecule has 2 aromatic heterocycles. The molecule has 2 aromatic rings. The van der Waals surface area contributed by atoms with E-state index in [0.29, 0.717) is 10.5 Å². The number of halogens is 1. The second kappa shape index (κ2) is 6.66. The van der Waals surface area contributed by atoms with Crippen LogP contribution in [-0.2, 0) is 7.05 Å². The van der Waals surface area contributed by atoms with Crippen molar-refractivity contribution in [1.82, 2.24) is 20.0 Å². The van der Waals surface area contributed by atoms with Gasteiger partial charge in [0.25, 0.3) is 5.56 Å². The fourth-order valence-electron chi connectivity index (χ4n) is 2.96. The second-order valence-corrected chi connectivity index (χ2v) is 6.52. The Balaban J connectivity index is 1.78. The Morgan fingerprint density at radius 1 is 1.48 bits per heavy atom. The number of nitrogens with zero attached hydrogens (tertiary/aromatic N) is 6. The molecule has 7 nitrogen and oxygen atoms in total. The van der Waals surface area contributed by atoms with Crippen LogP contribution in [0.5, 0.6) is 0 Å². The van der Waals surface area contributed by atoms with Crippen LogP contribution < -0.4 is 15.4 Å². The van der Waals surface area contributed by atoms with Crippen LogP contribution in [0.3, 0.4) is 0 Å². The van der Waals surface area contributed by atoms with Gasteiger partial charge in [-0.1, -0.05) is 0 Å². The minimum Gasteiger partial charge on any atom is -0.370 e. The van der Waals surface area contributed by atoms with Crippen molar-refractivity contribution in [2.45, 2.75) is 18.9 Å². The molecule has 0 radical (unpaired) electrons. The highest BCUT2D eigenvalue weighted by molar-refractivity contribution is 9.10. The van der Waals surface area contributed by atoms with Gasteiger partial charge in [0, 0.05) is 39.4 Å². The van der Waals surface area contributed by atoms with Crippen molar-refractivity contribution in [2.75, 3.05) is 29.9 Å². The highest BCUT2D eigenvalue weighted by Crippen LogP contribution is 2.26. The lowest BCUT2D eigenvalue weighted by Gasteiger charge is -2.30. The summed E-state index contributed by atoms with van der Waals surface area (Å²) in [7, 11) is 3.62. The highest BCUT2D eigenvalue weighted by Gasteiger charge is 2.27. The Bertz CT molecular complexity index is 734. The molecule has 1 aliphatic heterocycles. The topological polar surface area (TPSA) is 67.2 Å². The number of likely N-dealkylation sites (N-methyl/N-ethyl adjacent to an activating group) is 1. The summed E-state index contributed by atoms with van der Waals surface area (Å²) in [6.45, 7) is 1.77. The van der Waals surface area contributed by atoms with E-state index in [9.17, 15) is 4.79 Å². The van der Waals surface area contributed by atoms with E-state index in [1.165, 1.54) is 4.68 Å². The summed E-state index contributed by atoms with van der Waals surface area (Å²) >= 11 is 3.39. The summed E-state index contributed by atoms with van der Waals surface area (Å²) in [5.74, 6) is 0.907. The van der Waals surface area contributed by atoms with E-state index >= 15 is 0 Å². The molecule has 1 atom stereocenters. The first kappa shape index (κ1) is 15.9. The van der Waals surface area contributed by atoms with Gasteiger partial charge in [-0.2, -0.15) is 10.2 Å². The first-order valence-corrected chi connectivity index (χ1v) is 8.34. The first-order valence-electron chi connectivity index (χ1n) is 7.55. The summed E-state index contributed by atoms with van der Waals surface area (Å²) < 4.78 is 1.87. The molecule has 3 rings (SSSR count). The van der Waals surface area contributed by atoms with Gasteiger partial charge in [0.2, 0.25) is 0 Å². The molecule has 1 unspecified atom stereocenters. The van der Waals surface area contributed by atoms with Crippen LogP contribution in [0, 0.1) is 0 Å². The molecule has 1 aliphatic rings. The largest absolute Gasteiger partial charge is 0.370 e. The van der Waals surface area contributed by atoms with Crippen molar-refractivity contribution in [2.24, 2.45) is 7.05 Å². The van der Waals surface area contributed by atoms with E-state index in [2.05, 4.69) is 41.0 Å². The molecular formula is C15H19BrN6O. The van der Waals surface area contributed by atoms with Crippen LogP contribution in [-0.4, -0.2) is 46.2 Å². The molecule has 0 N–H and O–H groups in total.